The van der Waals surface area contributed by atoms with Gasteiger partial charge in [-0.05, 0) is 58.7 Å². The molecule has 29 heavy (non-hydrogen) atoms. The molecule has 1 aliphatic heterocycles. The molecule has 0 atom stereocenters. The van der Waals surface area contributed by atoms with E-state index in [0.717, 1.165) is 0 Å². The van der Waals surface area contributed by atoms with Gasteiger partial charge in [-0.25, -0.2) is 0 Å². The average Bonchev–Trinajstić information content (AvgIpc) is 2.97. The van der Waals surface area contributed by atoms with Gasteiger partial charge in [-0.3, -0.25) is 14.5 Å². The van der Waals surface area contributed by atoms with Crippen LogP contribution in [0.25, 0.3) is 0 Å². The molecule has 2 aromatic rings. The highest BCUT2D eigenvalue weighted by molar-refractivity contribution is 9.10. The lowest BCUT2D eigenvalue weighted by Crippen LogP contribution is -2.38. The normalized spacial score (nSPS) is 15.8. The summed E-state index contributed by atoms with van der Waals surface area (Å²) in [5, 5.41) is 2.66. The van der Waals surface area contributed by atoms with Gasteiger partial charge in [0.15, 0.2) is 10.4 Å². The second-order valence-corrected chi connectivity index (χ2v) is 7.45. The number of alkyl halides is 3. The van der Waals surface area contributed by atoms with Crippen molar-refractivity contribution >= 4 is 33.4 Å². The number of hydrogen-bond donors (Lipinski definition) is 1. The van der Waals surface area contributed by atoms with Crippen LogP contribution >= 0.6 is 15.9 Å². The van der Waals surface area contributed by atoms with Crippen molar-refractivity contribution in [1.29, 1.82) is 0 Å². The van der Waals surface area contributed by atoms with Gasteiger partial charge in [0.25, 0.3) is 11.8 Å². The maximum absolute atomic E-state index is 12.7. The molecular formula is C19H19BrF3N3O3. The smallest absolute Gasteiger partial charge is 0.401 e. The Hall–Kier alpha value is -2.33. The molecule has 156 valence electrons. The van der Waals surface area contributed by atoms with Gasteiger partial charge in [-0.2, -0.15) is 13.2 Å². The first-order valence-electron chi connectivity index (χ1n) is 8.96. The van der Waals surface area contributed by atoms with Crippen LogP contribution in [0.3, 0.4) is 0 Å². The Bertz CT molecular complexity index is 868. The van der Waals surface area contributed by atoms with Gasteiger partial charge in [0, 0.05) is 37.4 Å². The topological polar surface area (TPSA) is 65.8 Å². The minimum absolute atomic E-state index is 0.144. The van der Waals surface area contributed by atoms with E-state index < -0.39 is 18.6 Å². The summed E-state index contributed by atoms with van der Waals surface area (Å²) in [4.78, 5) is 27.6. The van der Waals surface area contributed by atoms with E-state index in [1.807, 2.05) is 0 Å². The number of amides is 2. The highest BCUT2D eigenvalue weighted by Crippen LogP contribution is 2.19. The zero-order valence-electron chi connectivity index (χ0n) is 15.3. The zero-order valence-corrected chi connectivity index (χ0v) is 16.9. The fraction of sp³-hybridized carbons (Fsp3) is 0.368. The van der Waals surface area contributed by atoms with E-state index in [9.17, 15) is 22.8 Å². The van der Waals surface area contributed by atoms with Gasteiger partial charge in [-0.15, -0.1) is 0 Å². The monoisotopic (exact) mass is 473 g/mol. The number of hydrogen-bond acceptors (Lipinski definition) is 4. The number of rotatable bonds is 4. The molecule has 1 aromatic carbocycles. The molecule has 0 unspecified atom stereocenters. The molecule has 0 radical (unpaired) electrons. The lowest BCUT2D eigenvalue weighted by Gasteiger charge is -2.23. The van der Waals surface area contributed by atoms with Gasteiger partial charge < -0.3 is 14.6 Å². The number of benzene rings is 1. The summed E-state index contributed by atoms with van der Waals surface area (Å²) in [5.41, 5.74) is 0.902. The predicted octanol–water partition coefficient (Wildman–Crippen LogP) is 4.00. The quantitative estimate of drug-likeness (QED) is 0.728. The molecule has 0 spiro atoms. The fourth-order valence-corrected chi connectivity index (χ4v) is 3.40. The summed E-state index contributed by atoms with van der Waals surface area (Å²) in [6.07, 6.45) is -3.76. The number of nitrogens with zero attached hydrogens (tertiary/aromatic N) is 2. The molecule has 2 amide bonds. The van der Waals surface area contributed by atoms with E-state index in [1.165, 1.54) is 11.0 Å². The van der Waals surface area contributed by atoms with Crippen molar-refractivity contribution in [3.05, 3.63) is 52.4 Å². The first-order chi connectivity index (χ1) is 13.7. The van der Waals surface area contributed by atoms with Crippen molar-refractivity contribution in [2.24, 2.45) is 0 Å². The second kappa shape index (κ2) is 9.00. The van der Waals surface area contributed by atoms with Crippen molar-refractivity contribution < 1.29 is 27.2 Å². The van der Waals surface area contributed by atoms with Crippen LogP contribution in [0.15, 0.2) is 45.5 Å². The van der Waals surface area contributed by atoms with Gasteiger partial charge in [0.1, 0.15) is 0 Å². The van der Waals surface area contributed by atoms with Crippen molar-refractivity contribution in [2.75, 3.05) is 38.0 Å². The van der Waals surface area contributed by atoms with Crippen LogP contribution in [0, 0.1) is 0 Å². The number of carbonyl (C=O) groups excluding carboxylic acids is 2. The standard InChI is InChI=1S/C19H19BrF3N3O3/c20-16-7-6-15(29-16)17(27)24-14-4-2-13(3-5-14)18(28)26-9-1-8-25(10-11-26)12-19(21,22)23/h2-7H,1,8-12H2,(H,24,27). The zero-order chi connectivity index (χ0) is 21.0. The predicted molar refractivity (Wildman–Crippen MR) is 104 cm³/mol. The van der Waals surface area contributed by atoms with Crippen LogP contribution in [0.5, 0.6) is 0 Å². The Morgan fingerprint density at radius 3 is 2.38 bits per heavy atom. The molecule has 1 N–H and O–H groups in total. The molecule has 2 heterocycles. The van der Waals surface area contributed by atoms with E-state index in [0.29, 0.717) is 35.4 Å². The molecule has 3 rings (SSSR count). The first-order valence-corrected chi connectivity index (χ1v) is 9.76. The lowest BCUT2D eigenvalue weighted by atomic mass is 10.1. The highest BCUT2D eigenvalue weighted by atomic mass is 79.9. The molecule has 1 aliphatic rings. The van der Waals surface area contributed by atoms with Crippen LogP contribution in [-0.4, -0.2) is 60.5 Å². The molecule has 1 aromatic heterocycles. The number of anilines is 1. The molecule has 1 fully saturated rings. The van der Waals surface area contributed by atoms with Crippen molar-refractivity contribution in [2.45, 2.75) is 12.6 Å². The van der Waals surface area contributed by atoms with Crippen molar-refractivity contribution in [3.8, 4) is 0 Å². The molecular weight excluding hydrogens is 455 g/mol. The second-order valence-electron chi connectivity index (χ2n) is 6.67. The Morgan fingerprint density at radius 1 is 1.03 bits per heavy atom. The number of carbonyl (C=O) groups is 2. The summed E-state index contributed by atoms with van der Waals surface area (Å²) in [7, 11) is 0. The summed E-state index contributed by atoms with van der Waals surface area (Å²) >= 11 is 3.13. The molecule has 0 bridgehead atoms. The van der Waals surface area contributed by atoms with E-state index in [1.54, 1.807) is 35.2 Å². The Kier molecular flexibility index (Phi) is 6.63. The van der Waals surface area contributed by atoms with Crippen LogP contribution in [0.2, 0.25) is 0 Å². The number of nitrogens with one attached hydrogen (secondary N) is 1. The third-order valence-corrected chi connectivity index (χ3v) is 4.89. The van der Waals surface area contributed by atoms with Crippen LogP contribution in [0.1, 0.15) is 27.3 Å². The van der Waals surface area contributed by atoms with Crippen molar-refractivity contribution in [3.63, 3.8) is 0 Å². The molecule has 1 saturated heterocycles. The largest absolute Gasteiger partial charge is 0.444 e. The van der Waals surface area contributed by atoms with E-state index in [4.69, 9.17) is 4.42 Å². The van der Waals surface area contributed by atoms with Gasteiger partial charge in [0.2, 0.25) is 0 Å². The Labute approximate surface area is 173 Å². The van der Waals surface area contributed by atoms with Crippen LogP contribution in [-0.2, 0) is 0 Å². The molecule has 10 heteroatoms. The maximum atomic E-state index is 12.7. The van der Waals surface area contributed by atoms with E-state index in [2.05, 4.69) is 21.2 Å². The maximum Gasteiger partial charge on any atom is 0.401 e. The van der Waals surface area contributed by atoms with Gasteiger partial charge in [0.05, 0.1) is 6.54 Å². The summed E-state index contributed by atoms with van der Waals surface area (Å²) < 4.78 is 43.3. The van der Waals surface area contributed by atoms with E-state index in [-0.39, 0.29) is 24.8 Å². The minimum Gasteiger partial charge on any atom is -0.444 e. The number of halogens is 4. The molecule has 0 aliphatic carbocycles. The minimum atomic E-state index is -4.24. The summed E-state index contributed by atoms with van der Waals surface area (Å²) in [5.74, 6) is -0.524. The lowest BCUT2D eigenvalue weighted by molar-refractivity contribution is -0.145. The third kappa shape index (κ3) is 6.07. The highest BCUT2D eigenvalue weighted by Gasteiger charge is 2.32. The van der Waals surface area contributed by atoms with Crippen LogP contribution < -0.4 is 5.32 Å². The van der Waals surface area contributed by atoms with Gasteiger partial charge >= 0.3 is 6.18 Å². The summed E-state index contributed by atoms with van der Waals surface area (Å²) in [6.45, 7) is 0.157. The van der Waals surface area contributed by atoms with E-state index >= 15 is 0 Å². The average molecular weight is 474 g/mol. The van der Waals surface area contributed by atoms with Crippen molar-refractivity contribution in [1.82, 2.24) is 9.80 Å². The first kappa shape index (κ1) is 21.4. The fourth-order valence-electron chi connectivity index (χ4n) is 3.09. The summed E-state index contributed by atoms with van der Waals surface area (Å²) in [6, 6.07) is 9.48. The van der Waals surface area contributed by atoms with Gasteiger partial charge in [-0.1, -0.05) is 0 Å². The molecule has 6 nitrogen and oxygen atoms in total. The third-order valence-electron chi connectivity index (χ3n) is 4.47. The SMILES string of the molecule is O=C(Nc1ccc(C(=O)N2CCCN(CC(F)(F)F)CC2)cc1)c1ccc(Br)o1. The Morgan fingerprint density at radius 2 is 1.76 bits per heavy atom. The number of furan rings is 1. The Balaban J connectivity index is 1.58. The molecule has 0 saturated carbocycles. The van der Waals surface area contributed by atoms with Crippen LogP contribution in [0.4, 0.5) is 18.9 Å².